The molecule has 88 valence electrons. The van der Waals surface area contributed by atoms with Gasteiger partial charge in [-0.2, -0.15) is 0 Å². The van der Waals surface area contributed by atoms with Gasteiger partial charge in [-0.05, 0) is 12.1 Å². The largest absolute Gasteiger partial charge is 0.351 e. The number of carbonyl (C=O) groups excluding carboxylic acids is 1. The lowest BCUT2D eigenvalue weighted by molar-refractivity contribution is 0.0946. The van der Waals surface area contributed by atoms with Gasteiger partial charge in [0.05, 0.1) is 0 Å². The van der Waals surface area contributed by atoms with Gasteiger partial charge < -0.3 is 5.32 Å². The Morgan fingerprint density at radius 3 is 2.38 bits per heavy atom. The van der Waals surface area contributed by atoms with Gasteiger partial charge in [0.25, 0.3) is 5.91 Å². The SMILES string of the molecule is CC(Br)CNC(=O)c1c(F)cc(Br)cc1F. The normalized spacial score (nSPS) is 12.3. The van der Waals surface area contributed by atoms with E-state index >= 15 is 0 Å². The lowest BCUT2D eigenvalue weighted by Crippen LogP contribution is -2.29. The molecule has 0 bridgehead atoms. The minimum Gasteiger partial charge on any atom is -0.351 e. The third kappa shape index (κ3) is 3.52. The Balaban J connectivity index is 2.91. The first-order valence-corrected chi connectivity index (χ1v) is 6.19. The number of rotatable bonds is 3. The highest BCUT2D eigenvalue weighted by Crippen LogP contribution is 2.19. The summed E-state index contributed by atoms with van der Waals surface area (Å²) >= 11 is 6.15. The molecule has 0 radical (unpaired) electrons. The van der Waals surface area contributed by atoms with Crippen molar-refractivity contribution >= 4 is 37.8 Å². The molecule has 1 amide bonds. The molecule has 2 nitrogen and oxygen atoms in total. The van der Waals surface area contributed by atoms with E-state index in [0.717, 1.165) is 12.1 Å². The quantitative estimate of drug-likeness (QED) is 0.827. The third-order valence-corrected chi connectivity index (χ3v) is 2.56. The number of benzene rings is 1. The molecule has 0 aromatic heterocycles. The standard InChI is InChI=1S/C10H9Br2F2NO/c1-5(11)4-15-10(16)9-7(13)2-6(12)3-8(9)14/h2-3,5H,4H2,1H3,(H,15,16). The summed E-state index contributed by atoms with van der Waals surface area (Å²) in [6.07, 6.45) is 0. The van der Waals surface area contributed by atoms with Crippen LogP contribution in [0.1, 0.15) is 17.3 Å². The summed E-state index contributed by atoms with van der Waals surface area (Å²) in [7, 11) is 0. The number of halogens is 4. The van der Waals surface area contributed by atoms with E-state index in [1.54, 1.807) is 0 Å². The van der Waals surface area contributed by atoms with Crippen LogP contribution in [0.5, 0.6) is 0 Å². The molecule has 0 spiro atoms. The number of carbonyl (C=O) groups is 1. The van der Waals surface area contributed by atoms with E-state index in [2.05, 4.69) is 37.2 Å². The first kappa shape index (κ1) is 13.6. The maximum absolute atomic E-state index is 13.3. The maximum Gasteiger partial charge on any atom is 0.257 e. The third-order valence-electron chi connectivity index (χ3n) is 1.78. The van der Waals surface area contributed by atoms with Gasteiger partial charge in [-0.3, -0.25) is 4.79 Å². The Labute approximate surface area is 109 Å². The second kappa shape index (κ2) is 5.72. The Kier molecular flexibility index (Phi) is 4.86. The van der Waals surface area contributed by atoms with Crippen LogP contribution in [0.2, 0.25) is 0 Å². The van der Waals surface area contributed by atoms with E-state index in [0.29, 0.717) is 6.54 Å². The van der Waals surface area contributed by atoms with Gasteiger partial charge in [0, 0.05) is 15.8 Å². The van der Waals surface area contributed by atoms with Crippen molar-refractivity contribution in [2.24, 2.45) is 0 Å². The zero-order valence-electron chi connectivity index (χ0n) is 8.36. The molecule has 1 aromatic carbocycles. The predicted octanol–water partition coefficient (Wildman–Crippen LogP) is 3.24. The summed E-state index contributed by atoms with van der Waals surface area (Å²) in [5.41, 5.74) is -0.559. The van der Waals surface area contributed by atoms with Crippen molar-refractivity contribution in [3.63, 3.8) is 0 Å². The van der Waals surface area contributed by atoms with Crippen LogP contribution < -0.4 is 5.32 Å². The van der Waals surface area contributed by atoms with Crippen LogP contribution in [0.25, 0.3) is 0 Å². The Bertz CT molecular complexity index is 387. The summed E-state index contributed by atoms with van der Waals surface area (Å²) in [5, 5.41) is 2.42. The van der Waals surface area contributed by atoms with Gasteiger partial charge in [-0.15, -0.1) is 0 Å². The summed E-state index contributed by atoms with van der Waals surface area (Å²) in [4.78, 5) is 11.5. The molecule has 1 atom stereocenters. The first-order valence-electron chi connectivity index (χ1n) is 4.48. The van der Waals surface area contributed by atoms with Gasteiger partial charge >= 0.3 is 0 Å². The van der Waals surface area contributed by atoms with E-state index in [9.17, 15) is 13.6 Å². The second-order valence-electron chi connectivity index (χ2n) is 3.24. The van der Waals surface area contributed by atoms with Gasteiger partial charge in [0.15, 0.2) is 0 Å². The molecule has 1 N–H and O–H groups in total. The van der Waals surface area contributed by atoms with Crippen LogP contribution in [-0.2, 0) is 0 Å². The molecular formula is C10H9Br2F2NO. The van der Waals surface area contributed by atoms with Gasteiger partial charge in [0.2, 0.25) is 0 Å². The topological polar surface area (TPSA) is 29.1 Å². The Morgan fingerprint density at radius 2 is 1.94 bits per heavy atom. The number of alkyl halides is 1. The van der Waals surface area contributed by atoms with E-state index in [-0.39, 0.29) is 9.30 Å². The number of amides is 1. The van der Waals surface area contributed by atoms with Gasteiger partial charge in [0.1, 0.15) is 17.2 Å². The fourth-order valence-electron chi connectivity index (χ4n) is 1.08. The molecule has 1 rings (SSSR count). The highest BCUT2D eigenvalue weighted by Gasteiger charge is 2.18. The highest BCUT2D eigenvalue weighted by atomic mass is 79.9. The minimum absolute atomic E-state index is 0.0398. The Hall–Kier alpha value is -0.490. The zero-order chi connectivity index (χ0) is 12.3. The predicted molar refractivity (Wildman–Crippen MR) is 64.8 cm³/mol. The van der Waals surface area contributed by atoms with Crippen LogP contribution in [0.3, 0.4) is 0 Å². The van der Waals surface area contributed by atoms with Crippen molar-refractivity contribution in [1.29, 1.82) is 0 Å². The molecular weight excluding hydrogens is 348 g/mol. The van der Waals surface area contributed by atoms with Crippen molar-refractivity contribution in [2.45, 2.75) is 11.8 Å². The molecule has 1 aromatic rings. The van der Waals surface area contributed by atoms with Crippen LogP contribution in [0.4, 0.5) is 8.78 Å². The smallest absolute Gasteiger partial charge is 0.257 e. The number of hydrogen-bond acceptors (Lipinski definition) is 1. The minimum atomic E-state index is -0.883. The highest BCUT2D eigenvalue weighted by molar-refractivity contribution is 9.10. The fourth-order valence-corrected chi connectivity index (χ4v) is 1.64. The van der Waals surface area contributed by atoms with Crippen molar-refractivity contribution < 1.29 is 13.6 Å². The first-order chi connectivity index (χ1) is 7.41. The van der Waals surface area contributed by atoms with Crippen molar-refractivity contribution in [2.75, 3.05) is 6.54 Å². The van der Waals surface area contributed by atoms with E-state index in [1.165, 1.54) is 0 Å². The molecule has 0 heterocycles. The van der Waals surface area contributed by atoms with E-state index in [4.69, 9.17) is 0 Å². The van der Waals surface area contributed by atoms with Gasteiger partial charge in [-0.1, -0.05) is 38.8 Å². The fraction of sp³-hybridized carbons (Fsp3) is 0.300. The van der Waals surface area contributed by atoms with Crippen LogP contribution in [0.15, 0.2) is 16.6 Å². The monoisotopic (exact) mass is 355 g/mol. The molecule has 16 heavy (non-hydrogen) atoms. The van der Waals surface area contributed by atoms with E-state index < -0.39 is 23.1 Å². The molecule has 0 aliphatic heterocycles. The van der Waals surface area contributed by atoms with E-state index in [1.807, 2.05) is 6.92 Å². The average molecular weight is 357 g/mol. The summed E-state index contributed by atoms with van der Waals surface area (Å²) in [6, 6.07) is 2.10. The second-order valence-corrected chi connectivity index (χ2v) is 5.71. The lowest BCUT2D eigenvalue weighted by Gasteiger charge is -2.08. The van der Waals surface area contributed by atoms with Crippen molar-refractivity contribution in [3.05, 3.63) is 33.8 Å². The number of hydrogen-bond donors (Lipinski definition) is 1. The molecule has 0 aliphatic rings. The van der Waals surface area contributed by atoms with Crippen LogP contribution in [0, 0.1) is 11.6 Å². The maximum atomic E-state index is 13.3. The Morgan fingerprint density at radius 1 is 1.44 bits per heavy atom. The number of nitrogens with one attached hydrogen (secondary N) is 1. The summed E-state index contributed by atoms with van der Waals surface area (Å²) in [6.45, 7) is 2.11. The molecule has 6 heteroatoms. The summed E-state index contributed by atoms with van der Waals surface area (Å²) in [5.74, 6) is -2.52. The summed E-state index contributed by atoms with van der Waals surface area (Å²) < 4.78 is 26.9. The average Bonchev–Trinajstić information content (AvgIpc) is 2.12. The molecule has 1 unspecified atom stereocenters. The van der Waals surface area contributed by atoms with Crippen LogP contribution >= 0.6 is 31.9 Å². The lowest BCUT2D eigenvalue weighted by atomic mass is 10.2. The van der Waals surface area contributed by atoms with Crippen LogP contribution in [-0.4, -0.2) is 17.3 Å². The molecule has 0 saturated carbocycles. The van der Waals surface area contributed by atoms with Crippen molar-refractivity contribution in [3.8, 4) is 0 Å². The zero-order valence-corrected chi connectivity index (χ0v) is 11.5. The molecule has 0 fully saturated rings. The molecule has 0 saturated heterocycles. The van der Waals surface area contributed by atoms with Crippen molar-refractivity contribution in [1.82, 2.24) is 5.32 Å². The van der Waals surface area contributed by atoms with Gasteiger partial charge in [-0.25, -0.2) is 8.78 Å². The molecule has 0 aliphatic carbocycles.